The normalized spacial score (nSPS) is 13.0. The molecule has 1 N–H and O–H groups in total. The summed E-state index contributed by atoms with van der Waals surface area (Å²) in [6.07, 6.45) is 5.83. The fraction of sp³-hybridized carbons (Fsp3) is 0.300. The largest absolute Gasteiger partial charge is 0.385 e. The van der Waals surface area contributed by atoms with E-state index >= 15 is 0 Å². The van der Waals surface area contributed by atoms with E-state index in [1.165, 1.54) is 46.4 Å². The first-order chi connectivity index (χ1) is 10.3. The van der Waals surface area contributed by atoms with Gasteiger partial charge in [-0.2, -0.15) is 0 Å². The van der Waals surface area contributed by atoms with Gasteiger partial charge in [0.2, 0.25) is 0 Å². The zero-order valence-electron chi connectivity index (χ0n) is 12.9. The number of unbranched alkanes of at least 4 members (excludes halogenated alkanes) is 1. The molecule has 1 aliphatic rings. The first-order valence-electron chi connectivity index (χ1n) is 7.91. The van der Waals surface area contributed by atoms with E-state index in [0.717, 1.165) is 13.0 Å². The van der Waals surface area contributed by atoms with Gasteiger partial charge in [0, 0.05) is 17.8 Å². The molecule has 0 saturated heterocycles. The Balaban J connectivity index is 1.90. The van der Waals surface area contributed by atoms with Crippen LogP contribution in [0.4, 0.5) is 5.69 Å². The molecule has 2 aromatic rings. The second-order valence-electron chi connectivity index (χ2n) is 5.87. The van der Waals surface area contributed by atoms with Gasteiger partial charge >= 0.3 is 0 Å². The maximum Gasteiger partial charge on any atom is 0.0416 e. The van der Waals surface area contributed by atoms with E-state index in [0.29, 0.717) is 0 Å². The third-order valence-corrected chi connectivity index (χ3v) is 4.13. The smallest absolute Gasteiger partial charge is 0.0416 e. The Labute approximate surface area is 127 Å². The lowest BCUT2D eigenvalue weighted by atomic mass is 9.99. The van der Waals surface area contributed by atoms with Crippen LogP contribution >= 0.6 is 0 Å². The zero-order chi connectivity index (χ0) is 14.7. The molecule has 0 bridgehead atoms. The van der Waals surface area contributed by atoms with Crippen LogP contribution in [0.1, 0.15) is 42.0 Å². The van der Waals surface area contributed by atoms with Crippen LogP contribution in [0.25, 0.3) is 11.6 Å². The summed E-state index contributed by atoms with van der Waals surface area (Å²) in [5.74, 6) is 0. The van der Waals surface area contributed by atoms with Gasteiger partial charge in [0.25, 0.3) is 0 Å². The van der Waals surface area contributed by atoms with Gasteiger partial charge in [-0.05, 0) is 48.6 Å². The Morgan fingerprint density at radius 1 is 1.10 bits per heavy atom. The highest BCUT2D eigenvalue weighted by atomic mass is 14.9. The Hall–Kier alpha value is -2.02. The van der Waals surface area contributed by atoms with Crippen molar-refractivity contribution >= 4 is 17.3 Å². The molecule has 0 atom stereocenters. The molecule has 0 spiro atoms. The summed E-state index contributed by atoms with van der Waals surface area (Å²) in [7, 11) is 0. The first kappa shape index (κ1) is 13.9. The Kier molecular flexibility index (Phi) is 4.10. The molecule has 0 amide bonds. The molecule has 1 heteroatoms. The molecule has 0 heterocycles. The fourth-order valence-electron chi connectivity index (χ4n) is 2.93. The summed E-state index contributed by atoms with van der Waals surface area (Å²) < 4.78 is 0. The van der Waals surface area contributed by atoms with Crippen molar-refractivity contribution in [3.63, 3.8) is 0 Å². The third-order valence-electron chi connectivity index (χ3n) is 4.13. The van der Waals surface area contributed by atoms with Gasteiger partial charge in [-0.25, -0.2) is 0 Å². The maximum absolute atomic E-state index is 3.60. The predicted molar refractivity (Wildman–Crippen MR) is 92.6 cm³/mol. The van der Waals surface area contributed by atoms with Gasteiger partial charge in [0.1, 0.15) is 0 Å². The SMILES string of the molecule is CCCCNc1ccc(C)cc1C1=Cc2ccccc2C1. The predicted octanol–water partition coefficient (Wildman–Crippen LogP) is 5.30. The molecule has 0 unspecified atom stereocenters. The van der Waals surface area contributed by atoms with Crippen molar-refractivity contribution in [3.05, 3.63) is 64.7 Å². The van der Waals surface area contributed by atoms with Gasteiger partial charge in [0.05, 0.1) is 0 Å². The topological polar surface area (TPSA) is 12.0 Å². The van der Waals surface area contributed by atoms with E-state index in [4.69, 9.17) is 0 Å². The quantitative estimate of drug-likeness (QED) is 0.731. The number of aryl methyl sites for hydroxylation is 1. The molecular weight excluding hydrogens is 254 g/mol. The highest BCUT2D eigenvalue weighted by molar-refractivity contribution is 5.92. The van der Waals surface area contributed by atoms with Crippen LogP contribution in [0.2, 0.25) is 0 Å². The zero-order valence-corrected chi connectivity index (χ0v) is 12.9. The highest BCUT2D eigenvalue weighted by Gasteiger charge is 2.16. The number of rotatable bonds is 5. The monoisotopic (exact) mass is 277 g/mol. The van der Waals surface area contributed by atoms with Crippen molar-refractivity contribution in [2.75, 3.05) is 11.9 Å². The average molecular weight is 277 g/mol. The Morgan fingerprint density at radius 2 is 1.95 bits per heavy atom. The number of nitrogens with one attached hydrogen (secondary N) is 1. The Morgan fingerprint density at radius 3 is 2.76 bits per heavy atom. The summed E-state index contributed by atoms with van der Waals surface area (Å²) in [6.45, 7) is 5.45. The van der Waals surface area contributed by atoms with E-state index in [1.807, 2.05) is 0 Å². The van der Waals surface area contributed by atoms with E-state index in [1.54, 1.807) is 0 Å². The van der Waals surface area contributed by atoms with Gasteiger partial charge in [-0.1, -0.05) is 55.3 Å². The molecular formula is C20H23N. The van der Waals surface area contributed by atoms with Crippen LogP contribution in [0.15, 0.2) is 42.5 Å². The summed E-state index contributed by atoms with van der Waals surface area (Å²) in [5, 5.41) is 3.60. The van der Waals surface area contributed by atoms with Gasteiger partial charge < -0.3 is 5.32 Å². The molecule has 0 aliphatic heterocycles. The minimum atomic E-state index is 1.04. The standard InChI is InChI=1S/C20H23N/c1-3-4-11-21-20-10-9-15(2)12-19(20)18-13-16-7-5-6-8-17(16)14-18/h5-10,12-13,21H,3-4,11,14H2,1-2H3. The molecule has 2 aromatic carbocycles. The molecule has 108 valence electrons. The number of anilines is 1. The van der Waals surface area contributed by atoms with Crippen LogP contribution < -0.4 is 5.32 Å². The number of benzene rings is 2. The summed E-state index contributed by atoms with van der Waals surface area (Å²) in [6, 6.07) is 15.4. The Bertz CT molecular complexity index is 667. The van der Waals surface area contributed by atoms with E-state index in [9.17, 15) is 0 Å². The average Bonchev–Trinajstić information content (AvgIpc) is 2.92. The van der Waals surface area contributed by atoms with Crippen molar-refractivity contribution in [1.82, 2.24) is 0 Å². The third kappa shape index (κ3) is 3.02. The van der Waals surface area contributed by atoms with Crippen LogP contribution in [-0.2, 0) is 6.42 Å². The lowest BCUT2D eigenvalue weighted by Crippen LogP contribution is -2.04. The minimum absolute atomic E-state index is 1.04. The molecule has 1 nitrogen and oxygen atoms in total. The highest BCUT2D eigenvalue weighted by Crippen LogP contribution is 2.35. The van der Waals surface area contributed by atoms with Crippen LogP contribution in [0, 0.1) is 6.92 Å². The maximum atomic E-state index is 3.60. The van der Waals surface area contributed by atoms with E-state index < -0.39 is 0 Å². The van der Waals surface area contributed by atoms with E-state index in [2.05, 4.69) is 67.7 Å². The van der Waals surface area contributed by atoms with Crippen LogP contribution in [-0.4, -0.2) is 6.54 Å². The molecule has 0 radical (unpaired) electrons. The van der Waals surface area contributed by atoms with Crippen molar-refractivity contribution in [2.45, 2.75) is 33.1 Å². The molecule has 0 fully saturated rings. The summed E-state index contributed by atoms with van der Waals surface area (Å²) in [4.78, 5) is 0. The van der Waals surface area contributed by atoms with Gasteiger partial charge in [0.15, 0.2) is 0 Å². The first-order valence-corrected chi connectivity index (χ1v) is 7.91. The van der Waals surface area contributed by atoms with Gasteiger partial charge in [-0.3, -0.25) is 0 Å². The summed E-state index contributed by atoms with van der Waals surface area (Å²) in [5.41, 5.74) is 8.19. The number of hydrogen-bond donors (Lipinski definition) is 1. The van der Waals surface area contributed by atoms with Crippen molar-refractivity contribution in [2.24, 2.45) is 0 Å². The second-order valence-corrected chi connectivity index (χ2v) is 5.87. The van der Waals surface area contributed by atoms with Crippen LogP contribution in [0.5, 0.6) is 0 Å². The molecule has 3 rings (SSSR count). The summed E-state index contributed by atoms with van der Waals surface area (Å²) >= 11 is 0. The minimum Gasteiger partial charge on any atom is -0.385 e. The number of allylic oxidation sites excluding steroid dienone is 1. The van der Waals surface area contributed by atoms with E-state index in [-0.39, 0.29) is 0 Å². The van der Waals surface area contributed by atoms with Crippen molar-refractivity contribution < 1.29 is 0 Å². The number of fused-ring (bicyclic) bond motifs is 1. The molecule has 0 aromatic heterocycles. The lowest BCUT2D eigenvalue weighted by Gasteiger charge is -2.14. The molecule has 0 saturated carbocycles. The second kappa shape index (κ2) is 6.17. The number of hydrogen-bond acceptors (Lipinski definition) is 1. The fourth-order valence-corrected chi connectivity index (χ4v) is 2.93. The molecule has 1 aliphatic carbocycles. The van der Waals surface area contributed by atoms with Crippen molar-refractivity contribution in [3.8, 4) is 0 Å². The van der Waals surface area contributed by atoms with Crippen LogP contribution in [0.3, 0.4) is 0 Å². The molecule has 21 heavy (non-hydrogen) atoms. The van der Waals surface area contributed by atoms with Crippen molar-refractivity contribution in [1.29, 1.82) is 0 Å². The van der Waals surface area contributed by atoms with Gasteiger partial charge in [-0.15, -0.1) is 0 Å². The lowest BCUT2D eigenvalue weighted by molar-refractivity contribution is 0.834.